The molecule has 2 amide bonds. The summed E-state index contributed by atoms with van der Waals surface area (Å²) in [7, 11) is 0. The summed E-state index contributed by atoms with van der Waals surface area (Å²) in [5.74, 6) is -3.67. The van der Waals surface area contributed by atoms with Crippen LogP contribution in [-0.4, -0.2) is 17.7 Å². The maximum absolute atomic E-state index is 13.4. The Labute approximate surface area is 128 Å². The minimum atomic E-state index is -1.62. The first-order valence-electron chi connectivity index (χ1n) is 6.49. The van der Waals surface area contributed by atoms with E-state index in [0.717, 1.165) is 30.3 Å². The van der Waals surface area contributed by atoms with Gasteiger partial charge in [0, 0.05) is 18.3 Å². The fourth-order valence-electron chi connectivity index (χ4n) is 1.92. The lowest BCUT2D eigenvalue weighted by atomic mass is 10.1. The van der Waals surface area contributed by atoms with Crippen LogP contribution in [0.25, 0.3) is 0 Å². The molecule has 1 unspecified atom stereocenters. The van der Waals surface area contributed by atoms with Gasteiger partial charge in [0.15, 0.2) is 0 Å². The van der Waals surface area contributed by atoms with Crippen molar-refractivity contribution in [1.82, 2.24) is 5.32 Å². The Bertz CT molecular complexity index is 684. The molecule has 0 aliphatic rings. The number of carbonyl (C=O) groups is 1. The lowest BCUT2D eigenvalue weighted by Gasteiger charge is -2.14. The van der Waals surface area contributed by atoms with Gasteiger partial charge in [0.2, 0.25) is 0 Å². The van der Waals surface area contributed by atoms with Gasteiger partial charge in [0.1, 0.15) is 29.4 Å². The molecule has 122 valence electrons. The zero-order chi connectivity index (χ0) is 17.0. The summed E-state index contributed by atoms with van der Waals surface area (Å²) in [4.78, 5) is 11.6. The Morgan fingerprint density at radius 2 is 1.61 bits per heavy atom. The first kappa shape index (κ1) is 16.8. The van der Waals surface area contributed by atoms with Crippen molar-refractivity contribution < 1.29 is 27.5 Å². The highest BCUT2D eigenvalue weighted by atomic mass is 19.1. The first-order valence-corrected chi connectivity index (χ1v) is 6.49. The third-order valence-corrected chi connectivity index (χ3v) is 2.91. The number of hydrogen-bond donors (Lipinski definition) is 3. The van der Waals surface area contributed by atoms with Gasteiger partial charge in [0.25, 0.3) is 0 Å². The van der Waals surface area contributed by atoms with Gasteiger partial charge >= 0.3 is 6.03 Å². The zero-order valence-electron chi connectivity index (χ0n) is 11.6. The van der Waals surface area contributed by atoms with Crippen molar-refractivity contribution in [3.05, 3.63) is 65.2 Å². The van der Waals surface area contributed by atoms with Gasteiger partial charge in [-0.2, -0.15) is 0 Å². The molecule has 23 heavy (non-hydrogen) atoms. The minimum absolute atomic E-state index is 0.147. The number of carbonyl (C=O) groups excluding carboxylic acids is 1. The second kappa shape index (κ2) is 7.10. The summed E-state index contributed by atoms with van der Waals surface area (Å²) >= 11 is 0. The normalized spacial score (nSPS) is 11.9. The molecule has 3 N–H and O–H groups in total. The largest absolute Gasteiger partial charge is 0.386 e. The first-order chi connectivity index (χ1) is 10.9. The molecule has 2 aromatic rings. The van der Waals surface area contributed by atoms with Crippen LogP contribution >= 0.6 is 0 Å². The molecule has 0 saturated carbocycles. The Hall–Kier alpha value is -2.61. The van der Waals surface area contributed by atoms with Crippen molar-refractivity contribution in [3.63, 3.8) is 0 Å². The molecule has 0 saturated heterocycles. The van der Waals surface area contributed by atoms with Crippen LogP contribution in [0.15, 0.2) is 36.4 Å². The number of anilines is 1. The van der Waals surface area contributed by atoms with E-state index in [4.69, 9.17) is 0 Å². The van der Waals surface area contributed by atoms with E-state index in [9.17, 15) is 27.5 Å². The van der Waals surface area contributed by atoms with Crippen molar-refractivity contribution >= 4 is 11.7 Å². The van der Waals surface area contributed by atoms with Crippen molar-refractivity contribution in [2.45, 2.75) is 6.10 Å². The molecule has 0 aliphatic carbocycles. The molecule has 0 bridgehead atoms. The van der Waals surface area contributed by atoms with E-state index in [1.807, 2.05) is 0 Å². The van der Waals surface area contributed by atoms with Gasteiger partial charge < -0.3 is 15.7 Å². The maximum Gasteiger partial charge on any atom is 0.319 e. The highest BCUT2D eigenvalue weighted by molar-refractivity contribution is 5.89. The molecular formula is C15H12F4N2O2. The van der Waals surface area contributed by atoms with Gasteiger partial charge in [-0.1, -0.05) is 6.07 Å². The molecule has 0 spiro atoms. The van der Waals surface area contributed by atoms with Crippen molar-refractivity contribution in [2.75, 3.05) is 11.9 Å². The molecule has 0 heterocycles. The van der Waals surface area contributed by atoms with E-state index in [0.29, 0.717) is 6.07 Å². The maximum atomic E-state index is 13.4. The minimum Gasteiger partial charge on any atom is -0.386 e. The predicted molar refractivity (Wildman–Crippen MR) is 74.7 cm³/mol. The van der Waals surface area contributed by atoms with E-state index in [1.54, 1.807) is 0 Å². The number of urea groups is 1. The Kier molecular flexibility index (Phi) is 5.17. The molecule has 0 radical (unpaired) electrons. The van der Waals surface area contributed by atoms with Crippen LogP contribution in [0.5, 0.6) is 0 Å². The molecule has 0 aromatic heterocycles. The fraction of sp³-hybridized carbons (Fsp3) is 0.133. The van der Waals surface area contributed by atoms with E-state index in [-0.39, 0.29) is 5.69 Å². The van der Waals surface area contributed by atoms with Crippen LogP contribution in [0.3, 0.4) is 0 Å². The van der Waals surface area contributed by atoms with E-state index >= 15 is 0 Å². The third-order valence-electron chi connectivity index (χ3n) is 2.91. The Balaban J connectivity index is 1.96. The van der Waals surface area contributed by atoms with Gasteiger partial charge in [-0.25, -0.2) is 22.4 Å². The number of hydrogen-bond acceptors (Lipinski definition) is 2. The summed E-state index contributed by atoms with van der Waals surface area (Å²) in [6.45, 7) is -0.499. The van der Waals surface area contributed by atoms with E-state index in [1.165, 1.54) is 0 Å². The summed E-state index contributed by atoms with van der Waals surface area (Å²) in [6, 6.07) is 4.58. The molecule has 0 fully saturated rings. The third kappa shape index (κ3) is 4.43. The smallest absolute Gasteiger partial charge is 0.319 e. The molecule has 0 aliphatic heterocycles. The van der Waals surface area contributed by atoms with Crippen LogP contribution in [-0.2, 0) is 0 Å². The monoisotopic (exact) mass is 328 g/mol. The molecule has 2 rings (SSSR count). The molecule has 4 nitrogen and oxygen atoms in total. The Morgan fingerprint density at radius 3 is 2.17 bits per heavy atom. The Morgan fingerprint density at radius 1 is 1.04 bits per heavy atom. The number of rotatable bonds is 4. The van der Waals surface area contributed by atoms with Gasteiger partial charge in [-0.3, -0.25) is 0 Å². The number of halogens is 4. The summed E-state index contributed by atoms with van der Waals surface area (Å²) < 4.78 is 52.8. The molecule has 2 aromatic carbocycles. The zero-order valence-corrected chi connectivity index (χ0v) is 11.6. The predicted octanol–water partition coefficient (Wildman–Crippen LogP) is 3.10. The fourth-order valence-corrected chi connectivity index (χ4v) is 1.92. The highest BCUT2D eigenvalue weighted by Gasteiger charge is 2.18. The van der Waals surface area contributed by atoms with Gasteiger partial charge in [-0.05, 0) is 24.3 Å². The van der Waals surface area contributed by atoms with Crippen molar-refractivity contribution in [3.8, 4) is 0 Å². The molecule has 8 heteroatoms. The summed E-state index contributed by atoms with van der Waals surface area (Å²) in [5.41, 5.74) is -0.726. The average Bonchev–Trinajstić information content (AvgIpc) is 2.43. The van der Waals surface area contributed by atoms with Crippen molar-refractivity contribution in [2.24, 2.45) is 0 Å². The number of nitrogens with one attached hydrogen (secondary N) is 2. The SMILES string of the molecule is O=C(NCC(O)c1c(F)cccc1F)Nc1cc(F)cc(F)c1. The quantitative estimate of drug-likeness (QED) is 0.755. The van der Waals surface area contributed by atoms with Crippen molar-refractivity contribution in [1.29, 1.82) is 0 Å². The van der Waals surface area contributed by atoms with E-state index < -0.39 is 47.5 Å². The second-order valence-electron chi connectivity index (χ2n) is 4.64. The van der Waals surface area contributed by atoms with Crippen LogP contribution < -0.4 is 10.6 Å². The number of aliphatic hydroxyl groups is 1. The van der Waals surface area contributed by atoms with E-state index in [2.05, 4.69) is 10.6 Å². The van der Waals surface area contributed by atoms with Crippen LogP contribution in [0.1, 0.15) is 11.7 Å². The number of amides is 2. The number of benzene rings is 2. The standard InChI is InChI=1S/C15H12F4N2O2/c16-8-4-9(17)6-10(5-8)21-15(23)20-7-13(22)14-11(18)2-1-3-12(14)19/h1-6,13,22H,7H2,(H2,20,21,23). The van der Waals surface area contributed by atoms with Crippen LogP contribution in [0.2, 0.25) is 0 Å². The average molecular weight is 328 g/mol. The summed E-state index contributed by atoms with van der Waals surface area (Å²) in [6.07, 6.45) is -1.62. The van der Waals surface area contributed by atoms with Gasteiger partial charge in [-0.15, -0.1) is 0 Å². The lowest BCUT2D eigenvalue weighted by Crippen LogP contribution is -2.33. The van der Waals surface area contributed by atoms with Crippen LogP contribution in [0, 0.1) is 23.3 Å². The lowest BCUT2D eigenvalue weighted by molar-refractivity contribution is 0.166. The van der Waals surface area contributed by atoms with Crippen LogP contribution in [0.4, 0.5) is 28.0 Å². The second-order valence-corrected chi connectivity index (χ2v) is 4.64. The topological polar surface area (TPSA) is 61.4 Å². The summed E-state index contributed by atoms with van der Waals surface area (Å²) in [5, 5.41) is 14.0. The molecule has 1 atom stereocenters. The number of aliphatic hydroxyl groups excluding tert-OH is 1. The molecular weight excluding hydrogens is 316 g/mol. The highest BCUT2D eigenvalue weighted by Crippen LogP contribution is 2.20. The van der Waals surface area contributed by atoms with Gasteiger partial charge in [0.05, 0.1) is 5.56 Å².